The zero-order valence-electron chi connectivity index (χ0n) is 9.83. The van der Waals surface area contributed by atoms with Crippen LogP contribution in [0.25, 0.3) is 0 Å². The summed E-state index contributed by atoms with van der Waals surface area (Å²) in [6.45, 7) is -0.135. The molecule has 4 N–H and O–H groups in total. The van der Waals surface area contributed by atoms with Gasteiger partial charge in [-0.25, -0.2) is 0 Å². The third kappa shape index (κ3) is 5.70. The molecule has 0 fully saturated rings. The van der Waals surface area contributed by atoms with E-state index in [1.165, 1.54) is 0 Å². The van der Waals surface area contributed by atoms with Crippen molar-refractivity contribution >= 4 is 23.6 Å². The number of benzene rings is 1. The number of carbonyl (C=O) groups excluding carboxylic acids is 2. The fourth-order valence-electron chi connectivity index (χ4n) is 1.18. The fraction of sp³-hybridized carbons (Fsp3) is 0.333. The van der Waals surface area contributed by atoms with Gasteiger partial charge in [0.1, 0.15) is 6.10 Å². The van der Waals surface area contributed by atoms with Crippen LogP contribution in [-0.2, 0) is 9.59 Å². The maximum absolute atomic E-state index is 11.4. The van der Waals surface area contributed by atoms with Crippen molar-refractivity contribution in [2.45, 2.75) is 17.4 Å². The molecule has 1 atom stereocenters. The van der Waals surface area contributed by atoms with Crippen molar-refractivity contribution in [3.63, 3.8) is 0 Å². The summed E-state index contributed by atoms with van der Waals surface area (Å²) in [5, 5.41) is 11.5. The molecule has 0 spiro atoms. The molecule has 0 aliphatic carbocycles. The zero-order valence-corrected chi connectivity index (χ0v) is 10.7. The van der Waals surface area contributed by atoms with Gasteiger partial charge in [0.05, 0.1) is 6.54 Å². The van der Waals surface area contributed by atoms with Gasteiger partial charge in [0.25, 0.3) is 0 Å². The molecule has 18 heavy (non-hydrogen) atoms. The molecule has 0 aromatic heterocycles. The lowest BCUT2D eigenvalue weighted by Gasteiger charge is -2.08. The minimum atomic E-state index is -1.32. The molecule has 0 bridgehead atoms. The molecule has 0 saturated carbocycles. The van der Waals surface area contributed by atoms with Crippen molar-refractivity contribution in [3.8, 4) is 0 Å². The molecular formula is C12H16N2O3S. The number of carbonyl (C=O) groups is 2. The monoisotopic (exact) mass is 268 g/mol. The average Bonchev–Trinajstić information content (AvgIpc) is 2.37. The van der Waals surface area contributed by atoms with Gasteiger partial charge >= 0.3 is 0 Å². The van der Waals surface area contributed by atoms with Gasteiger partial charge in [0, 0.05) is 17.1 Å². The van der Waals surface area contributed by atoms with Gasteiger partial charge in [-0.1, -0.05) is 18.2 Å². The molecule has 0 saturated heterocycles. The van der Waals surface area contributed by atoms with Crippen molar-refractivity contribution in [2.75, 3.05) is 12.3 Å². The smallest absolute Gasteiger partial charge is 0.248 e. The molecule has 2 amide bonds. The highest BCUT2D eigenvalue weighted by Crippen LogP contribution is 2.17. The summed E-state index contributed by atoms with van der Waals surface area (Å²) in [5.41, 5.74) is 4.85. The highest BCUT2D eigenvalue weighted by molar-refractivity contribution is 7.99. The molecule has 0 heterocycles. The molecule has 0 aliphatic rings. The lowest BCUT2D eigenvalue weighted by atomic mass is 10.3. The summed E-state index contributed by atoms with van der Waals surface area (Å²) in [6.07, 6.45) is -0.999. The number of rotatable bonds is 7. The maximum Gasteiger partial charge on any atom is 0.248 e. The Morgan fingerprint density at radius 2 is 2.00 bits per heavy atom. The first-order valence-electron chi connectivity index (χ1n) is 5.51. The molecule has 1 unspecified atom stereocenters. The van der Waals surface area contributed by atoms with E-state index in [2.05, 4.69) is 5.32 Å². The van der Waals surface area contributed by atoms with Crippen LogP contribution in [0.1, 0.15) is 6.42 Å². The van der Waals surface area contributed by atoms with Crippen LogP contribution in [0.15, 0.2) is 35.2 Å². The first-order valence-corrected chi connectivity index (χ1v) is 6.50. The standard InChI is InChI=1S/C12H16N2O3S/c13-12(17)10(15)8-14-11(16)6-7-18-9-4-2-1-3-5-9/h1-5,10,15H,6-8H2,(H2,13,17)(H,14,16). The average molecular weight is 268 g/mol. The number of thioether (sulfide) groups is 1. The van der Waals surface area contributed by atoms with E-state index < -0.39 is 12.0 Å². The Hall–Kier alpha value is -1.53. The number of amides is 2. The second kappa shape index (κ2) is 7.73. The number of primary amides is 1. The van der Waals surface area contributed by atoms with Crippen LogP contribution in [0.4, 0.5) is 0 Å². The normalized spacial score (nSPS) is 11.8. The number of nitrogens with two attached hydrogens (primary N) is 1. The number of hydrogen-bond donors (Lipinski definition) is 3. The molecular weight excluding hydrogens is 252 g/mol. The van der Waals surface area contributed by atoms with Crippen LogP contribution < -0.4 is 11.1 Å². The largest absolute Gasteiger partial charge is 0.381 e. The van der Waals surface area contributed by atoms with Crippen molar-refractivity contribution in [1.82, 2.24) is 5.32 Å². The van der Waals surface area contributed by atoms with E-state index >= 15 is 0 Å². The predicted molar refractivity (Wildman–Crippen MR) is 70.0 cm³/mol. The van der Waals surface area contributed by atoms with Gasteiger partial charge in [0.15, 0.2) is 0 Å². The third-order valence-corrected chi connectivity index (χ3v) is 3.18. The van der Waals surface area contributed by atoms with Crippen LogP contribution in [-0.4, -0.2) is 35.3 Å². The van der Waals surface area contributed by atoms with Crippen LogP contribution in [0.5, 0.6) is 0 Å². The van der Waals surface area contributed by atoms with Crippen molar-refractivity contribution in [3.05, 3.63) is 30.3 Å². The van der Waals surface area contributed by atoms with Gasteiger partial charge < -0.3 is 16.2 Å². The molecule has 1 rings (SSSR count). The highest BCUT2D eigenvalue weighted by Gasteiger charge is 2.11. The fourth-order valence-corrected chi connectivity index (χ4v) is 2.05. The minimum Gasteiger partial charge on any atom is -0.381 e. The van der Waals surface area contributed by atoms with Crippen LogP contribution in [0.3, 0.4) is 0 Å². The molecule has 0 aliphatic heterocycles. The molecule has 98 valence electrons. The van der Waals surface area contributed by atoms with Gasteiger partial charge in [0.2, 0.25) is 11.8 Å². The highest BCUT2D eigenvalue weighted by atomic mass is 32.2. The van der Waals surface area contributed by atoms with Crippen molar-refractivity contribution in [2.24, 2.45) is 5.73 Å². The van der Waals surface area contributed by atoms with E-state index in [9.17, 15) is 9.59 Å². The zero-order chi connectivity index (χ0) is 13.4. The Bertz CT molecular complexity index is 398. The lowest BCUT2D eigenvalue weighted by molar-refractivity contribution is -0.126. The van der Waals surface area contributed by atoms with E-state index in [0.29, 0.717) is 12.2 Å². The molecule has 1 aromatic rings. The lowest BCUT2D eigenvalue weighted by Crippen LogP contribution is -2.40. The Kier molecular flexibility index (Phi) is 6.24. The molecule has 1 aromatic carbocycles. The Morgan fingerprint density at radius 3 is 2.61 bits per heavy atom. The van der Waals surface area contributed by atoms with E-state index in [-0.39, 0.29) is 12.5 Å². The van der Waals surface area contributed by atoms with Crippen LogP contribution >= 0.6 is 11.8 Å². The first kappa shape index (κ1) is 14.5. The Labute approximate surface area is 110 Å². The van der Waals surface area contributed by atoms with Gasteiger partial charge in [-0.3, -0.25) is 9.59 Å². The molecule has 0 radical (unpaired) electrons. The maximum atomic E-state index is 11.4. The number of hydrogen-bond acceptors (Lipinski definition) is 4. The van der Waals surface area contributed by atoms with Gasteiger partial charge in [-0.05, 0) is 12.1 Å². The Morgan fingerprint density at radius 1 is 1.33 bits per heavy atom. The second-order valence-electron chi connectivity index (χ2n) is 3.63. The quantitative estimate of drug-likeness (QED) is 0.613. The topological polar surface area (TPSA) is 92.4 Å². The molecule has 6 heteroatoms. The summed E-state index contributed by atoms with van der Waals surface area (Å²) in [7, 11) is 0. The van der Waals surface area contributed by atoms with Crippen LogP contribution in [0.2, 0.25) is 0 Å². The van der Waals surface area contributed by atoms with E-state index in [0.717, 1.165) is 4.90 Å². The third-order valence-electron chi connectivity index (χ3n) is 2.16. The van der Waals surface area contributed by atoms with E-state index in [1.807, 2.05) is 30.3 Å². The first-order chi connectivity index (χ1) is 8.59. The summed E-state index contributed by atoms with van der Waals surface area (Å²) in [6, 6.07) is 9.75. The number of aliphatic hydroxyl groups excluding tert-OH is 1. The van der Waals surface area contributed by atoms with E-state index in [4.69, 9.17) is 10.8 Å². The number of nitrogens with one attached hydrogen (secondary N) is 1. The van der Waals surface area contributed by atoms with Gasteiger partial charge in [-0.2, -0.15) is 0 Å². The predicted octanol–water partition coefficient (Wildman–Crippen LogP) is 0.131. The van der Waals surface area contributed by atoms with Crippen LogP contribution in [0, 0.1) is 0 Å². The summed E-state index contributed by atoms with van der Waals surface area (Å²) >= 11 is 1.57. The number of aliphatic hydroxyl groups is 1. The van der Waals surface area contributed by atoms with Crippen molar-refractivity contribution < 1.29 is 14.7 Å². The summed E-state index contributed by atoms with van der Waals surface area (Å²) < 4.78 is 0. The minimum absolute atomic E-state index is 0.135. The summed E-state index contributed by atoms with van der Waals surface area (Å²) in [5.74, 6) is -0.407. The molecule has 5 nitrogen and oxygen atoms in total. The second-order valence-corrected chi connectivity index (χ2v) is 4.80. The summed E-state index contributed by atoms with van der Waals surface area (Å²) in [4.78, 5) is 23.0. The van der Waals surface area contributed by atoms with E-state index in [1.54, 1.807) is 11.8 Å². The SMILES string of the molecule is NC(=O)C(O)CNC(=O)CCSc1ccccc1. The Balaban J connectivity index is 2.16. The van der Waals surface area contributed by atoms with Gasteiger partial charge in [-0.15, -0.1) is 11.8 Å². The van der Waals surface area contributed by atoms with Crippen molar-refractivity contribution in [1.29, 1.82) is 0 Å².